The molecule has 0 radical (unpaired) electrons. The summed E-state index contributed by atoms with van der Waals surface area (Å²) in [6, 6.07) is 15.3. The van der Waals surface area contributed by atoms with E-state index in [1.807, 2.05) is 58.0 Å². The van der Waals surface area contributed by atoms with E-state index in [9.17, 15) is 18.0 Å². The van der Waals surface area contributed by atoms with Crippen molar-refractivity contribution in [3.8, 4) is 0 Å². The Morgan fingerprint density at radius 2 is 1.71 bits per heavy atom. The van der Waals surface area contributed by atoms with Gasteiger partial charge in [-0.1, -0.05) is 48.5 Å². The highest BCUT2D eigenvalue weighted by Crippen LogP contribution is 2.39. The van der Waals surface area contributed by atoms with Crippen molar-refractivity contribution in [2.75, 3.05) is 6.54 Å². The van der Waals surface area contributed by atoms with E-state index in [1.54, 1.807) is 18.2 Å². The summed E-state index contributed by atoms with van der Waals surface area (Å²) in [5.74, 6) is 0. The van der Waals surface area contributed by atoms with Gasteiger partial charge >= 0.3 is 18.7 Å². The third kappa shape index (κ3) is 7.28. The number of nitrogens with one attached hydrogen (secondary N) is 1. The van der Waals surface area contributed by atoms with Gasteiger partial charge in [0.2, 0.25) is 0 Å². The second kappa shape index (κ2) is 10.5. The number of hydrogen-bond acceptors (Lipinski definition) is 5. The normalized spacial score (nSPS) is 17.5. The van der Waals surface area contributed by atoms with E-state index >= 15 is 0 Å². The first-order chi connectivity index (χ1) is 15.8. The molecule has 1 amide bonds. The van der Waals surface area contributed by atoms with Crippen LogP contribution in [-0.4, -0.2) is 36.5 Å². The number of benzene rings is 2. The molecule has 3 rings (SSSR count). The molecule has 0 unspecified atom stereocenters. The van der Waals surface area contributed by atoms with Gasteiger partial charge in [-0.05, 0) is 68.2 Å². The van der Waals surface area contributed by atoms with Crippen molar-refractivity contribution in [3.63, 3.8) is 0 Å². The fourth-order valence-corrected chi connectivity index (χ4v) is 3.77. The van der Waals surface area contributed by atoms with E-state index in [0.717, 1.165) is 5.56 Å². The largest absolute Gasteiger partial charge is 0.492 e. The van der Waals surface area contributed by atoms with Gasteiger partial charge in [0.15, 0.2) is 0 Å². The molecule has 2 aromatic carbocycles. The lowest BCUT2D eigenvalue weighted by atomic mass is 9.77. The monoisotopic (exact) mass is 493 g/mol. The van der Waals surface area contributed by atoms with Crippen LogP contribution < -0.4 is 5.32 Å². The van der Waals surface area contributed by atoms with Gasteiger partial charge in [0, 0.05) is 11.4 Å². The van der Waals surface area contributed by atoms with Gasteiger partial charge in [0.25, 0.3) is 0 Å². The topological polar surface area (TPSA) is 56.8 Å². The first-order valence-corrected chi connectivity index (χ1v) is 11.5. The van der Waals surface area contributed by atoms with Gasteiger partial charge in [0.05, 0.1) is 11.2 Å². The maximum Gasteiger partial charge on any atom is 0.492 e. The maximum atomic E-state index is 12.8. The SMILES string of the molecule is CC1(C)OB(C(=Cc2cccc(SC(F)(F)F)c2)CNC(=O)OCc2ccccc2)OC1(C)C. The maximum absolute atomic E-state index is 12.8. The Morgan fingerprint density at radius 1 is 1.06 bits per heavy atom. The van der Waals surface area contributed by atoms with E-state index in [1.165, 1.54) is 12.1 Å². The molecule has 0 saturated carbocycles. The number of rotatable bonds is 7. The van der Waals surface area contributed by atoms with Crippen LogP contribution in [0.4, 0.5) is 18.0 Å². The molecule has 1 aliphatic rings. The number of thioether (sulfide) groups is 1. The Bertz CT molecular complexity index is 1010. The first-order valence-electron chi connectivity index (χ1n) is 10.7. The standard InChI is InChI=1S/C24H27BF3NO4S/c1-22(2)23(3,4)33-25(32-22)19(13-18-11-8-12-20(14-18)34-24(26,27)28)15-29-21(30)31-16-17-9-6-5-7-10-17/h5-14H,15-16H2,1-4H3,(H,29,30). The molecule has 182 valence electrons. The van der Waals surface area contributed by atoms with Crippen LogP contribution in [0, 0.1) is 0 Å². The summed E-state index contributed by atoms with van der Waals surface area (Å²) in [6.07, 6.45) is 1.03. The predicted octanol–water partition coefficient (Wildman–Crippen LogP) is 6.24. The fourth-order valence-electron chi connectivity index (χ4n) is 3.16. The molecule has 1 heterocycles. The summed E-state index contributed by atoms with van der Waals surface area (Å²) in [6.45, 7) is 7.72. The first kappa shape index (κ1) is 26.2. The Balaban J connectivity index is 1.76. The Morgan fingerprint density at radius 3 is 2.32 bits per heavy atom. The van der Waals surface area contributed by atoms with E-state index in [0.29, 0.717) is 11.0 Å². The molecule has 1 fully saturated rings. The highest BCUT2D eigenvalue weighted by Gasteiger charge is 2.52. The molecule has 0 aromatic heterocycles. The number of carbonyl (C=O) groups excluding carboxylic acids is 1. The van der Waals surface area contributed by atoms with Gasteiger partial charge in [0.1, 0.15) is 6.61 Å². The number of ether oxygens (including phenoxy) is 1. The average molecular weight is 493 g/mol. The molecule has 5 nitrogen and oxygen atoms in total. The van der Waals surface area contributed by atoms with Crippen LogP contribution in [0.3, 0.4) is 0 Å². The van der Waals surface area contributed by atoms with E-state index in [2.05, 4.69) is 5.32 Å². The van der Waals surface area contributed by atoms with Crippen LogP contribution in [0.25, 0.3) is 6.08 Å². The molecule has 10 heteroatoms. The minimum Gasteiger partial charge on any atom is -0.445 e. The highest BCUT2D eigenvalue weighted by molar-refractivity contribution is 8.00. The number of alkyl halides is 3. The van der Waals surface area contributed by atoms with Crippen molar-refractivity contribution in [2.45, 2.75) is 55.9 Å². The van der Waals surface area contributed by atoms with Gasteiger partial charge in [-0.25, -0.2) is 4.79 Å². The summed E-state index contributed by atoms with van der Waals surface area (Å²) < 4.78 is 55.9. The van der Waals surface area contributed by atoms with Crippen LogP contribution in [0.15, 0.2) is 65.0 Å². The van der Waals surface area contributed by atoms with Crippen molar-refractivity contribution in [2.24, 2.45) is 0 Å². The second-order valence-corrected chi connectivity index (χ2v) is 9.98. The molecular weight excluding hydrogens is 466 g/mol. The third-order valence-corrected chi connectivity index (χ3v) is 6.37. The van der Waals surface area contributed by atoms with Crippen molar-refractivity contribution in [1.82, 2.24) is 5.32 Å². The Hall–Kier alpha value is -2.43. The minimum atomic E-state index is -4.39. The molecule has 0 spiro atoms. The molecule has 2 aromatic rings. The number of amides is 1. The lowest BCUT2D eigenvalue weighted by Crippen LogP contribution is -2.41. The molecule has 0 aliphatic carbocycles. The third-order valence-electron chi connectivity index (χ3n) is 5.65. The smallest absolute Gasteiger partial charge is 0.445 e. The highest BCUT2D eigenvalue weighted by atomic mass is 32.2. The second-order valence-electron chi connectivity index (χ2n) is 8.84. The van der Waals surface area contributed by atoms with Crippen molar-refractivity contribution in [1.29, 1.82) is 0 Å². The fraction of sp³-hybridized carbons (Fsp3) is 0.375. The summed E-state index contributed by atoms with van der Waals surface area (Å²) in [5, 5.41) is 2.68. The van der Waals surface area contributed by atoms with Crippen molar-refractivity contribution >= 4 is 31.0 Å². The summed E-state index contributed by atoms with van der Waals surface area (Å²) in [5.41, 5.74) is -3.72. The number of carbonyl (C=O) groups is 1. The van der Waals surface area contributed by atoms with Gasteiger partial charge in [-0.2, -0.15) is 13.2 Å². The van der Waals surface area contributed by atoms with Gasteiger partial charge < -0.3 is 19.4 Å². The molecule has 1 aliphatic heterocycles. The van der Waals surface area contributed by atoms with E-state index in [4.69, 9.17) is 14.0 Å². The van der Waals surface area contributed by atoms with Crippen LogP contribution in [0.5, 0.6) is 0 Å². The zero-order valence-electron chi connectivity index (χ0n) is 19.4. The zero-order valence-corrected chi connectivity index (χ0v) is 20.3. The zero-order chi connectivity index (χ0) is 25.0. The van der Waals surface area contributed by atoms with Crippen LogP contribution in [0.1, 0.15) is 38.8 Å². The number of alkyl carbamates (subject to hydrolysis) is 1. The summed E-state index contributed by atoms with van der Waals surface area (Å²) >= 11 is -0.185. The Kier molecular flexibility index (Phi) is 8.05. The van der Waals surface area contributed by atoms with E-state index < -0.39 is 29.9 Å². The summed E-state index contributed by atoms with van der Waals surface area (Å²) in [4.78, 5) is 12.3. The molecule has 1 saturated heterocycles. The van der Waals surface area contributed by atoms with E-state index in [-0.39, 0.29) is 29.8 Å². The lowest BCUT2D eigenvalue weighted by Gasteiger charge is -2.32. The number of hydrogen-bond donors (Lipinski definition) is 1. The van der Waals surface area contributed by atoms with Crippen LogP contribution >= 0.6 is 11.8 Å². The van der Waals surface area contributed by atoms with Gasteiger partial charge in [-0.3, -0.25) is 0 Å². The minimum absolute atomic E-state index is 0.0289. The number of halogens is 3. The quantitative estimate of drug-likeness (QED) is 0.366. The Labute approximate surface area is 202 Å². The molecule has 0 bridgehead atoms. The predicted molar refractivity (Wildman–Crippen MR) is 127 cm³/mol. The van der Waals surface area contributed by atoms with Crippen LogP contribution in [0.2, 0.25) is 0 Å². The molecule has 34 heavy (non-hydrogen) atoms. The summed E-state index contributed by atoms with van der Waals surface area (Å²) in [7, 11) is -0.793. The molecule has 1 N–H and O–H groups in total. The average Bonchev–Trinajstić information content (AvgIpc) is 2.96. The van der Waals surface area contributed by atoms with Crippen molar-refractivity contribution < 1.29 is 32.0 Å². The van der Waals surface area contributed by atoms with Crippen LogP contribution in [-0.2, 0) is 20.7 Å². The molecular formula is C24H27BF3NO4S. The van der Waals surface area contributed by atoms with Gasteiger partial charge in [-0.15, -0.1) is 0 Å². The lowest BCUT2D eigenvalue weighted by molar-refractivity contribution is -0.0328. The van der Waals surface area contributed by atoms with Crippen molar-refractivity contribution in [3.05, 3.63) is 71.2 Å². The molecule has 0 atom stereocenters.